The molecule has 0 spiro atoms. The number of amides is 1. The minimum Gasteiger partial charge on any atom is -0.310 e. The molecular weight excluding hydrogens is 334 g/mol. The molecule has 1 saturated heterocycles. The summed E-state index contributed by atoms with van der Waals surface area (Å²) in [6, 6.07) is 7.71. The fraction of sp³-hybridized carbons (Fsp3) is 0.333. The van der Waals surface area contributed by atoms with Gasteiger partial charge in [-0.1, -0.05) is 5.92 Å². The van der Waals surface area contributed by atoms with Crippen LogP contribution in [0.5, 0.6) is 0 Å². The van der Waals surface area contributed by atoms with Crippen molar-refractivity contribution in [2.24, 2.45) is 5.92 Å². The summed E-state index contributed by atoms with van der Waals surface area (Å²) in [5, 5.41) is 17.9. The number of terminal acetylenes is 1. The molecule has 0 unspecified atom stereocenters. The van der Waals surface area contributed by atoms with Crippen LogP contribution in [0, 0.1) is 28.4 Å². The van der Waals surface area contributed by atoms with Crippen molar-refractivity contribution in [2.45, 2.75) is 12.8 Å². The first-order valence-corrected chi connectivity index (χ1v) is 8.34. The Balaban J connectivity index is 1.66. The second-order valence-corrected chi connectivity index (χ2v) is 6.15. The third kappa shape index (κ3) is 3.90. The number of likely N-dealkylation sites (tertiary alicyclic amines) is 1. The Morgan fingerprint density at radius 3 is 2.62 bits per heavy atom. The SMILES string of the molecule is C#CCN1CCC(C(=O)Nc2ccnn2-c2ccc([N+](=O)[O-])cc2)CC1. The highest BCUT2D eigenvalue weighted by Gasteiger charge is 2.25. The van der Waals surface area contributed by atoms with E-state index in [0.29, 0.717) is 18.1 Å². The number of benzene rings is 1. The highest BCUT2D eigenvalue weighted by atomic mass is 16.6. The molecular formula is C18H19N5O3. The van der Waals surface area contributed by atoms with Gasteiger partial charge in [0.05, 0.1) is 23.4 Å². The van der Waals surface area contributed by atoms with E-state index in [1.807, 2.05) is 0 Å². The number of nitro benzene ring substituents is 1. The van der Waals surface area contributed by atoms with E-state index in [2.05, 4.69) is 21.2 Å². The van der Waals surface area contributed by atoms with Crippen LogP contribution in [0.1, 0.15) is 12.8 Å². The van der Waals surface area contributed by atoms with E-state index in [1.165, 1.54) is 12.1 Å². The molecule has 0 aliphatic carbocycles. The molecule has 0 radical (unpaired) electrons. The lowest BCUT2D eigenvalue weighted by Crippen LogP contribution is -2.38. The van der Waals surface area contributed by atoms with Gasteiger partial charge in [-0.3, -0.25) is 19.8 Å². The molecule has 134 valence electrons. The van der Waals surface area contributed by atoms with Gasteiger partial charge in [0.25, 0.3) is 5.69 Å². The van der Waals surface area contributed by atoms with Gasteiger partial charge in [0.15, 0.2) is 0 Å². The van der Waals surface area contributed by atoms with Crippen molar-refractivity contribution in [1.82, 2.24) is 14.7 Å². The van der Waals surface area contributed by atoms with Crippen LogP contribution >= 0.6 is 0 Å². The lowest BCUT2D eigenvalue weighted by Gasteiger charge is -2.29. The van der Waals surface area contributed by atoms with E-state index >= 15 is 0 Å². The minimum atomic E-state index is -0.456. The molecule has 2 aromatic rings. The molecule has 1 amide bonds. The summed E-state index contributed by atoms with van der Waals surface area (Å²) < 4.78 is 1.55. The lowest BCUT2D eigenvalue weighted by atomic mass is 9.96. The number of anilines is 1. The molecule has 1 aromatic heterocycles. The topological polar surface area (TPSA) is 93.3 Å². The average molecular weight is 353 g/mol. The van der Waals surface area contributed by atoms with E-state index in [9.17, 15) is 14.9 Å². The van der Waals surface area contributed by atoms with Crippen molar-refractivity contribution < 1.29 is 9.72 Å². The van der Waals surface area contributed by atoms with Crippen LogP contribution in [0.4, 0.5) is 11.5 Å². The quantitative estimate of drug-likeness (QED) is 0.504. The summed E-state index contributed by atoms with van der Waals surface area (Å²) in [5.74, 6) is 3.05. The zero-order chi connectivity index (χ0) is 18.5. The summed E-state index contributed by atoms with van der Waals surface area (Å²) in [4.78, 5) is 25.0. The van der Waals surface area contributed by atoms with Gasteiger partial charge in [-0.2, -0.15) is 5.10 Å². The number of nitrogens with one attached hydrogen (secondary N) is 1. The van der Waals surface area contributed by atoms with E-state index in [-0.39, 0.29) is 17.5 Å². The molecule has 1 N–H and O–H groups in total. The highest BCUT2D eigenvalue weighted by Crippen LogP contribution is 2.22. The van der Waals surface area contributed by atoms with Crippen LogP contribution in [0.15, 0.2) is 36.5 Å². The molecule has 2 heterocycles. The van der Waals surface area contributed by atoms with Crippen molar-refractivity contribution >= 4 is 17.4 Å². The monoisotopic (exact) mass is 353 g/mol. The van der Waals surface area contributed by atoms with Gasteiger partial charge in [-0.25, -0.2) is 4.68 Å². The van der Waals surface area contributed by atoms with Crippen LogP contribution in [0.3, 0.4) is 0 Å². The third-order valence-corrected chi connectivity index (χ3v) is 4.47. The molecule has 1 fully saturated rings. The maximum absolute atomic E-state index is 12.6. The minimum absolute atomic E-state index is 0.00483. The van der Waals surface area contributed by atoms with Gasteiger partial charge in [-0.15, -0.1) is 6.42 Å². The predicted octanol–water partition coefficient (Wildman–Crippen LogP) is 2.06. The predicted molar refractivity (Wildman–Crippen MR) is 96.8 cm³/mol. The average Bonchev–Trinajstić information content (AvgIpc) is 3.10. The number of aromatic nitrogens is 2. The van der Waals surface area contributed by atoms with Crippen LogP contribution in [-0.4, -0.2) is 45.1 Å². The largest absolute Gasteiger partial charge is 0.310 e. The fourth-order valence-corrected chi connectivity index (χ4v) is 3.03. The number of non-ortho nitro benzene ring substituents is 1. The van der Waals surface area contributed by atoms with Gasteiger partial charge < -0.3 is 5.32 Å². The summed E-state index contributed by atoms with van der Waals surface area (Å²) in [6.07, 6.45) is 8.43. The Kier molecular flexibility index (Phi) is 5.29. The van der Waals surface area contributed by atoms with Gasteiger partial charge in [-0.05, 0) is 38.1 Å². The molecule has 8 nitrogen and oxygen atoms in total. The van der Waals surface area contributed by atoms with Gasteiger partial charge in [0.1, 0.15) is 5.82 Å². The number of rotatable bonds is 5. The molecule has 1 aliphatic heterocycles. The van der Waals surface area contributed by atoms with Crippen molar-refractivity contribution in [3.8, 4) is 18.0 Å². The van der Waals surface area contributed by atoms with Crippen molar-refractivity contribution in [2.75, 3.05) is 25.0 Å². The zero-order valence-corrected chi connectivity index (χ0v) is 14.2. The van der Waals surface area contributed by atoms with E-state index in [1.54, 1.807) is 29.1 Å². The molecule has 1 aromatic carbocycles. The van der Waals surface area contributed by atoms with E-state index < -0.39 is 4.92 Å². The van der Waals surface area contributed by atoms with Crippen molar-refractivity contribution in [3.63, 3.8) is 0 Å². The Morgan fingerprint density at radius 1 is 1.31 bits per heavy atom. The number of piperidine rings is 1. The van der Waals surface area contributed by atoms with Gasteiger partial charge in [0.2, 0.25) is 5.91 Å². The first-order chi connectivity index (χ1) is 12.6. The first kappa shape index (κ1) is 17.6. The summed E-state index contributed by atoms with van der Waals surface area (Å²) in [7, 11) is 0. The molecule has 1 aliphatic rings. The van der Waals surface area contributed by atoms with Crippen LogP contribution in [0.2, 0.25) is 0 Å². The van der Waals surface area contributed by atoms with Crippen LogP contribution < -0.4 is 5.32 Å². The standard InChI is InChI=1S/C18H19N5O3/c1-2-11-21-12-8-14(9-13-21)18(24)20-17-7-10-19-22(17)15-3-5-16(6-4-15)23(25)26/h1,3-7,10,14H,8-9,11-13H2,(H,20,24). The van der Waals surface area contributed by atoms with E-state index in [0.717, 1.165) is 25.9 Å². The Bertz CT molecular complexity index is 829. The number of nitrogens with zero attached hydrogens (tertiary/aromatic N) is 4. The fourth-order valence-electron chi connectivity index (χ4n) is 3.03. The number of hydrogen-bond donors (Lipinski definition) is 1. The Morgan fingerprint density at radius 2 is 2.00 bits per heavy atom. The maximum atomic E-state index is 12.6. The van der Waals surface area contributed by atoms with Crippen LogP contribution in [0.25, 0.3) is 5.69 Å². The van der Waals surface area contributed by atoms with Crippen molar-refractivity contribution in [3.05, 3.63) is 46.6 Å². The first-order valence-electron chi connectivity index (χ1n) is 8.34. The summed E-state index contributed by atoms with van der Waals surface area (Å²) in [6.45, 7) is 2.23. The second-order valence-electron chi connectivity index (χ2n) is 6.15. The summed E-state index contributed by atoms with van der Waals surface area (Å²) >= 11 is 0. The smallest absolute Gasteiger partial charge is 0.269 e. The molecule has 0 saturated carbocycles. The number of carbonyl (C=O) groups is 1. The maximum Gasteiger partial charge on any atom is 0.269 e. The Hall–Kier alpha value is -3.18. The molecule has 3 rings (SSSR count). The highest BCUT2D eigenvalue weighted by molar-refractivity contribution is 5.92. The number of carbonyl (C=O) groups excluding carboxylic acids is 1. The summed E-state index contributed by atoms with van der Waals surface area (Å²) in [5.41, 5.74) is 0.643. The normalized spacial score (nSPS) is 15.3. The molecule has 0 bridgehead atoms. The second kappa shape index (κ2) is 7.80. The lowest BCUT2D eigenvalue weighted by molar-refractivity contribution is -0.384. The Labute approximate surface area is 150 Å². The zero-order valence-electron chi connectivity index (χ0n) is 14.2. The molecule has 8 heteroatoms. The van der Waals surface area contributed by atoms with E-state index in [4.69, 9.17) is 6.42 Å². The molecule has 26 heavy (non-hydrogen) atoms. The van der Waals surface area contributed by atoms with Gasteiger partial charge >= 0.3 is 0 Å². The number of hydrogen-bond acceptors (Lipinski definition) is 5. The third-order valence-electron chi connectivity index (χ3n) is 4.47. The number of nitro groups is 1. The van der Waals surface area contributed by atoms with Crippen LogP contribution in [-0.2, 0) is 4.79 Å². The molecule has 0 atom stereocenters. The van der Waals surface area contributed by atoms with Gasteiger partial charge in [0, 0.05) is 24.1 Å². The van der Waals surface area contributed by atoms with Crippen molar-refractivity contribution in [1.29, 1.82) is 0 Å².